The highest BCUT2D eigenvalue weighted by Gasteiger charge is 2.19. The van der Waals surface area contributed by atoms with Crippen molar-refractivity contribution in [2.45, 2.75) is 11.8 Å². The summed E-state index contributed by atoms with van der Waals surface area (Å²) in [5.74, 6) is 0. The number of hydrogen-bond donors (Lipinski definition) is 0. The van der Waals surface area contributed by atoms with Crippen molar-refractivity contribution in [2.24, 2.45) is 0 Å². The van der Waals surface area contributed by atoms with Gasteiger partial charge in [-0.25, -0.2) is 0 Å². The van der Waals surface area contributed by atoms with Crippen LogP contribution in [0.2, 0.25) is 0 Å². The van der Waals surface area contributed by atoms with Crippen molar-refractivity contribution < 1.29 is 14.2 Å². The molecule has 16 heavy (non-hydrogen) atoms. The molecule has 1 saturated heterocycles. The molecule has 1 unspecified atom stereocenters. The number of methoxy groups -OCH3 is 1. The monoisotopic (exact) mass is 251 g/mol. The predicted molar refractivity (Wildman–Crippen MR) is 64.2 cm³/mol. The molecule has 1 atom stereocenters. The van der Waals surface area contributed by atoms with Crippen LogP contribution in [-0.2, 0) is 14.2 Å². The first-order valence-electron chi connectivity index (χ1n) is 5.84. The van der Waals surface area contributed by atoms with Crippen molar-refractivity contribution in [3.8, 4) is 0 Å². The summed E-state index contributed by atoms with van der Waals surface area (Å²) in [5.41, 5.74) is 0. The molecule has 0 amide bonds. The quantitative estimate of drug-likeness (QED) is 0.452. The average molecular weight is 252 g/mol. The van der Waals surface area contributed by atoms with Crippen molar-refractivity contribution in [3.63, 3.8) is 0 Å². The molecule has 0 aromatic carbocycles. The van der Waals surface area contributed by atoms with Crippen molar-refractivity contribution in [2.75, 3.05) is 59.8 Å². The Bertz CT molecular complexity index is 171. The topological polar surface area (TPSA) is 30.9 Å². The first-order valence-corrected chi connectivity index (χ1v) is 6.27. The molecule has 0 N–H and O–H groups in total. The maximum Gasteiger partial charge on any atom is 0.0701 e. The summed E-state index contributed by atoms with van der Waals surface area (Å²) in [4.78, 5) is 2.34. The highest BCUT2D eigenvalue weighted by atomic mass is 35.5. The maximum absolute atomic E-state index is 6.00. The van der Waals surface area contributed by atoms with Gasteiger partial charge in [-0.05, 0) is 13.0 Å². The molecule has 0 spiro atoms. The SMILES string of the molecule is COCCOCCOCCN1CCC(Cl)C1. The van der Waals surface area contributed by atoms with Crippen molar-refractivity contribution in [3.05, 3.63) is 0 Å². The largest absolute Gasteiger partial charge is 0.382 e. The summed E-state index contributed by atoms with van der Waals surface area (Å²) in [5, 5.41) is 0.331. The highest BCUT2D eigenvalue weighted by Crippen LogP contribution is 2.13. The molecule has 1 fully saturated rings. The number of halogens is 1. The molecule has 1 rings (SSSR count). The Morgan fingerprint density at radius 1 is 1.12 bits per heavy atom. The lowest BCUT2D eigenvalue weighted by molar-refractivity contribution is 0.0207. The van der Waals surface area contributed by atoms with Crippen LogP contribution in [0.5, 0.6) is 0 Å². The van der Waals surface area contributed by atoms with Crippen molar-refractivity contribution in [1.82, 2.24) is 4.90 Å². The molecule has 5 heteroatoms. The number of alkyl halides is 1. The number of rotatable bonds is 9. The van der Waals surface area contributed by atoms with Crippen LogP contribution in [0.4, 0.5) is 0 Å². The van der Waals surface area contributed by atoms with Gasteiger partial charge < -0.3 is 14.2 Å². The van der Waals surface area contributed by atoms with E-state index in [0.29, 0.717) is 31.8 Å². The standard InChI is InChI=1S/C11H22ClNO3/c1-14-6-7-16-9-8-15-5-4-13-3-2-11(12)10-13/h11H,2-10H2,1H3. The molecule has 1 aliphatic heterocycles. The molecule has 1 heterocycles. The van der Waals surface area contributed by atoms with Gasteiger partial charge in [0, 0.05) is 25.6 Å². The molecule has 0 saturated carbocycles. The van der Waals surface area contributed by atoms with Gasteiger partial charge in [0.1, 0.15) is 0 Å². The van der Waals surface area contributed by atoms with E-state index >= 15 is 0 Å². The van der Waals surface area contributed by atoms with Crippen molar-refractivity contribution in [1.29, 1.82) is 0 Å². The van der Waals surface area contributed by atoms with Gasteiger partial charge in [0.15, 0.2) is 0 Å². The van der Waals surface area contributed by atoms with Crippen LogP contribution in [0.3, 0.4) is 0 Å². The zero-order valence-electron chi connectivity index (χ0n) is 9.99. The lowest BCUT2D eigenvalue weighted by Crippen LogP contribution is -2.25. The molecule has 0 aromatic rings. The van der Waals surface area contributed by atoms with E-state index in [2.05, 4.69) is 4.90 Å². The summed E-state index contributed by atoms with van der Waals surface area (Å²) >= 11 is 6.00. The van der Waals surface area contributed by atoms with Gasteiger partial charge in [-0.1, -0.05) is 0 Å². The summed E-state index contributed by atoms with van der Waals surface area (Å²) in [7, 11) is 1.67. The Hall–Kier alpha value is 0.130. The summed E-state index contributed by atoms with van der Waals surface area (Å²) < 4.78 is 15.6. The molecule has 4 nitrogen and oxygen atoms in total. The molecule has 96 valence electrons. The molecular formula is C11H22ClNO3. The Labute approximate surface area is 103 Å². The second kappa shape index (κ2) is 9.19. The number of nitrogens with zero attached hydrogens (tertiary/aromatic N) is 1. The summed E-state index contributed by atoms with van der Waals surface area (Å²) in [6.45, 7) is 6.41. The van der Waals surface area contributed by atoms with Crippen LogP contribution in [-0.4, -0.2) is 70.1 Å². The highest BCUT2D eigenvalue weighted by molar-refractivity contribution is 6.20. The lowest BCUT2D eigenvalue weighted by Gasteiger charge is -2.14. The van der Waals surface area contributed by atoms with Crippen LogP contribution in [0.1, 0.15) is 6.42 Å². The van der Waals surface area contributed by atoms with Gasteiger partial charge in [-0.3, -0.25) is 4.90 Å². The van der Waals surface area contributed by atoms with Crippen LogP contribution < -0.4 is 0 Å². The van der Waals surface area contributed by atoms with E-state index in [-0.39, 0.29) is 0 Å². The average Bonchev–Trinajstić information content (AvgIpc) is 2.68. The van der Waals surface area contributed by atoms with Crippen LogP contribution >= 0.6 is 11.6 Å². The molecule has 1 aliphatic rings. The number of ether oxygens (including phenoxy) is 3. The Morgan fingerprint density at radius 2 is 1.81 bits per heavy atom. The maximum atomic E-state index is 6.00. The second-order valence-corrected chi connectivity index (χ2v) is 4.52. The number of hydrogen-bond acceptors (Lipinski definition) is 4. The van der Waals surface area contributed by atoms with E-state index in [4.69, 9.17) is 25.8 Å². The molecular weight excluding hydrogens is 230 g/mol. The fraction of sp³-hybridized carbons (Fsp3) is 1.00. The zero-order valence-corrected chi connectivity index (χ0v) is 10.7. The Balaban J connectivity index is 1.78. The van der Waals surface area contributed by atoms with Crippen LogP contribution in [0.25, 0.3) is 0 Å². The predicted octanol–water partition coefficient (Wildman–Crippen LogP) is 0.979. The molecule has 0 bridgehead atoms. The smallest absolute Gasteiger partial charge is 0.0701 e. The van der Waals surface area contributed by atoms with Crippen molar-refractivity contribution >= 4 is 11.6 Å². The summed E-state index contributed by atoms with van der Waals surface area (Å²) in [6, 6.07) is 0. The minimum absolute atomic E-state index is 0.331. The van der Waals surface area contributed by atoms with Gasteiger partial charge >= 0.3 is 0 Å². The third kappa shape index (κ3) is 6.66. The minimum atomic E-state index is 0.331. The van der Waals surface area contributed by atoms with Crippen LogP contribution in [0, 0.1) is 0 Å². The molecule has 0 aliphatic carbocycles. The Kier molecular flexibility index (Phi) is 8.15. The first-order chi connectivity index (χ1) is 7.83. The molecule has 0 aromatic heterocycles. The zero-order chi connectivity index (χ0) is 11.6. The van der Waals surface area contributed by atoms with Gasteiger partial charge in [-0.15, -0.1) is 11.6 Å². The van der Waals surface area contributed by atoms with E-state index in [1.54, 1.807) is 7.11 Å². The Morgan fingerprint density at radius 3 is 2.44 bits per heavy atom. The summed E-state index contributed by atoms with van der Waals surface area (Å²) in [6.07, 6.45) is 1.10. The normalized spacial score (nSPS) is 21.8. The third-order valence-corrected chi connectivity index (χ3v) is 2.93. The van der Waals surface area contributed by atoms with E-state index in [1.165, 1.54) is 0 Å². The number of likely N-dealkylation sites (tertiary alicyclic amines) is 1. The fourth-order valence-electron chi connectivity index (χ4n) is 1.65. The van der Waals surface area contributed by atoms with Gasteiger partial charge in [0.05, 0.1) is 33.0 Å². The first kappa shape index (κ1) is 14.2. The van der Waals surface area contributed by atoms with E-state index in [9.17, 15) is 0 Å². The molecule has 0 radical (unpaired) electrons. The van der Waals surface area contributed by atoms with E-state index in [1.807, 2.05) is 0 Å². The fourth-order valence-corrected chi connectivity index (χ4v) is 1.94. The minimum Gasteiger partial charge on any atom is -0.382 e. The van der Waals surface area contributed by atoms with E-state index in [0.717, 1.165) is 32.7 Å². The van der Waals surface area contributed by atoms with E-state index < -0.39 is 0 Å². The van der Waals surface area contributed by atoms with Gasteiger partial charge in [-0.2, -0.15) is 0 Å². The second-order valence-electron chi connectivity index (χ2n) is 3.90. The van der Waals surface area contributed by atoms with Gasteiger partial charge in [0.25, 0.3) is 0 Å². The lowest BCUT2D eigenvalue weighted by atomic mass is 10.4. The van der Waals surface area contributed by atoms with Gasteiger partial charge in [0.2, 0.25) is 0 Å². The van der Waals surface area contributed by atoms with Crippen LogP contribution in [0.15, 0.2) is 0 Å². The third-order valence-electron chi connectivity index (χ3n) is 2.57.